The first-order chi connectivity index (χ1) is 14.0. The predicted octanol–water partition coefficient (Wildman–Crippen LogP) is 3.24. The number of aliphatic hydroxyl groups excluding tert-OH is 1. The molecule has 1 heterocycles. The lowest BCUT2D eigenvalue weighted by molar-refractivity contribution is -0.159. The van der Waals surface area contributed by atoms with E-state index < -0.39 is 17.7 Å². The number of ether oxygens (including phenoxy) is 3. The number of rotatable bonds is 10. The van der Waals surface area contributed by atoms with Crippen molar-refractivity contribution in [3.63, 3.8) is 0 Å². The maximum Gasteiger partial charge on any atom is 0.336 e. The SMILES string of the molecule is CCc1ccc(OC[C@@H](O)COc2cccc(CC3(C(=O)O)CCCO3)c2)cc1. The molecule has 1 aliphatic heterocycles. The molecule has 29 heavy (non-hydrogen) atoms. The van der Waals surface area contributed by atoms with Crippen molar-refractivity contribution in [2.75, 3.05) is 19.8 Å². The Morgan fingerprint density at radius 3 is 2.45 bits per heavy atom. The van der Waals surface area contributed by atoms with E-state index in [-0.39, 0.29) is 13.2 Å². The van der Waals surface area contributed by atoms with Crippen LogP contribution in [-0.2, 0) is 22.4 Å². The van der Waals surface area contributed by atoms with Gasteiger partial charge in [0, 0.05) is 13.0 Å². The van der Waals surface area contributed by atoms with Crippen molar-refractivity contribution < 1.29 is 29.2 Å². The van der Waals surface area contributed by atoms with E-state index in [0.29, 0.717) is 30.9 Å². The van der Waals surface area contributed by atoms with Crippen LogP contribution in [0, 0.1) is 0 Å². The number of hydrogen-bond acceptors (Lipinski definition) is 5. The van der Waals surface area contributed by atoms with Crippen molar-refractivity contribution in [2.45, 2.75) is 44.3 Å². The van der Waals surface area contributed by atoms with Crippen LogP contribution >= 0.6 is 0 Å². The predicted molar refractivity (Wildman–Crippen MR) is 109 cm³/mol. The first-order valence-electron chi connectivity index (χ1n) is 9.99. The zero-order valence-electron chi connectivity index (χ0n) is 16.7. The molecule has 0 radical (unpaired) electrons. The summed E-state index contributed by atoms with van der Waals surface area (Å²) in [4.78, 5) is 11.6. The highest BCUT2D eigenvalue weighted by atomic mass is 16.5. The molecule has 0 aromatic heterocycles. The molecule has 0 aliphatic carbocycles. The van der Waals surface area contributed by atoms with Gasteiger partial charge in [-0.3, -0.25) is 0 Å². The van der Waals surface area contributed by atoms with E-state index >= 15 is 0 Å². The highest BCUT2D eigenvalue weighted by Crippen LogP contribution is 2.31. The van der Waals surface area contributed by atoms with Gasteiger partial charge in [-0.05, 0) is 54.7 Å². The van der Waals surface area contributed by atoms with Crippen LogP contribution in [0.15, 0.2) is 48.5 Å². The zero-order chi connectivity index (χ0) is 20.7. The van der Waals surface area contributed by atoms with Crippen molar-refractivity contribution in [1.29, 1.82) is 0 Å². The molecular formula is C23H28O6. The summed E-state index contributed by atoms with van der Waals surface area (Å²) in [6.07, 6.45) is 1.72. The van der Waals surface area contributed by atoms with E-state index in [1.165, 1.54) is 5.56 Å². The Bertz CT molecular complexity index is 795. The van der Waals surface area contributed by atoms with Gasteiger partial charge in [-0.1, -0.05) is 31.2 Å². The molecule has 6 heteroatoms. The van der Waals surface area contributed by atoms with Gasteiger partial charge in [0.2, 0.25) is 0 Å². The summed E-state index contributed by atoms with van der Waals surface area (Å²) in [7, 11) is 0. The average molecular weight is 400 g/mol. The zero-order valence-corrected chi connectivity index (χ0v) is 16.7. The van der Waals surface area contributed by atoms with Gasteiger partial charge in [0.05, 0.1) is 0 Å². The molecular weight excluding hydrogens is 372 g/mol. The minimum absolute atomic E-state index is 0.0804. The van der Waals surface area contributed by atoms with E-state index in [1.54, 1.807) is 12.1 Å². The molecule has 1 aliphatic rings. The molecule has 1 unspecified atom stereocenters. The number of aliphatic hydroxyl groups is 1. The third-order valence-electron chi connectivity index (χ3n) is 5.10. The van der Waals surface area contributed by atoms with Gasteiger partial charge < -0.3 is 24.4 Å². The lowest BCUT2D eigenvalue weighted by Crippen LogP contribution is -2.40. The van der Waals surface area contributed by atoms with E-state index in [9.17, 15) is 15.0 Å². The number of aryl methyl sites for hydroxylation is 1. The normalized spacial score (nSPS) is 19.7. The Labute approximate surface area is 171 Å². The molecule has 2 N–H and O–H groups in total. The maximum absolute atomic E-state index is 11.6. The largest absolute Gasteiger partial charge is 0.491 e. The first kappa shape index (κ1) is 21.1. The van der Waals surface area contributed by atoms with Gasteiger partial charge >= 0.3 is 5.97 Å². The molecule has 0 saturated carbocycles. The third-order valence-corrected chi connectivity index (χ3v) is 5.10. The molecule has 2 aromatic carbocycles. The number of carboxylic acids is 1. The number of carbonyl (C=O) groups is 1. The van der Waals surface area contributed by atoms with Crippen LogP contribution in [0.25, 0.3) is 0 Å². The molecule has 3 rings (SSSR count). The van der Waals surface area contributed by atoms with E-state index in [0.717, 1.165) is 18.4 Å². The van der Waals surface area contributed by atoms with Crippen LogP contribution in [0.5, 0.6) is 11.5 Å². The molecule has 2 aromatic rings. The smallest absolute Gasteiger partial charge is 0.336 e. The summed E-state index contributed by atoms with van der Waals surface area (Å²) in [5.74, 6) is 0.354. The highest BCUT2D eigenvalue weighted by Gasteiger charge is 2.42. The number of aliphatic carboxylic acids is 1. The van der Waals surface area contributed by atoms with Gasteiger partial charge in [0.25, 0.3) is 0 Å². The lowest BCUT2D eigenvalue weighted by Gasteiger charge is -2.23. The van der Waals surface area contributed by atoms with Gasteiger partial charge in [0.15, 0.2) is 5.60 Å². The standard InChI is InChI=1S/C23H28O6/c1-2-17-7-9-20(10-8-17)27-15-19(24)16-28-21-6-3-5-18(13-21)14-23(22(25)26)11-4-12-29-23/h3,5-10,13,19,24H,2,4,11-12,14-16H2,1H3,(H,25,26)/t19-,23?/m1/s1. The average Bonchev–Trinajstić information content (AvgIpc) is 3.21. The number of benzene rings is 2. The van der Waals surface area contributed by atoms with E-state index in [4.69, 9.17) is 14.2 Å². The van der Waals surface area contributed by atoms with Gasteiger partial charge in [-0.25, -0.2) is 4.79 Å². The maximum atomic E-state index is 11.6. The summed E-state index contributed by atoms with van der Waals surface area (Å²) < 4.78 is 16.8. The summed E-state index contributed by atoms with van der Waals surface area (Å²) in [6.45, 7) is 2.77. The minimum Gasteiger partial charge on any atom is -0.491 e. The Balaban J connectivity index is 1.50. The van der Waals surface area contributed by atoms with Crippen molar-refractivity contribution in [3.05, 3.63) is 59.7 Å². The first-order valence-corrected chi connectivity index (χ1v) is 9.99. The molecule has 1 fully saturated rings. The molecule has 6 nitrogen and oxygen atoms in total. The molecule has 0 bridgehead atoms. The van der Waals surface area contributed by atoms with Crippen LogP contribution in [0.2, 0.25) is 0 Å². The fourth-order valence-corrected chi connectivity index (χ4v) is 3.41. The Hall–Kier alpha value is -2.57. The molecule has 0 spiro atoms. The fourth-order valence-electron chi connectivity index (χ4n) is 3.41. The van der Waals surface area contributed by atoms with Crippen molar-refractivity contribution in [1.82, 2.24) is 0 Å². The lowest BCUT2D eigenvalue weighted by atomic mass is 9.91. The number of hydrogen-bond donors (Lipinski definition) is 2. The fraction of sp³-hybridized carbons (Fsp3) is 0.435. The Morgan fingerprint density at radius 2 is 1.83 bits per heavy atom. The molecule has 156 valence electrons. The topological polar surface area (TPSA) is 85.2 Å². The quantitative estimate of drug-likeness (QED) is 0.637. The van der Waals surface area contributed by atoms with Crippen molar-refractivity contribution >= 4 is 5.97 Å². The van der Waals surface area contributed by atoms with Crippen LogP contribution in [0.3, 0.4) is 0 Å². The Morgan fingerprint density at radius 1 is 1.10 bits per heavy atom. The monoisotopic (exact) mass is 400 g/mol. The van der Waals surface area contributed by atoms with Crippen LogP contribution in [0.4, 0.5) is 0 Å². The second-order valence-corrected chi connectivity index (χ2v) is 7.35. The van der Waals surface area contributed by atoms with Crippen LogP contribution in [0.1, 0.15) is 30.9 Å². The van der Waals surface area contributed by atoms with Crippen LogP contribution < -0.4 is 9.47 Å². The molecule has 1 saturated heterocycles. The third kappa shape index (κ3) is 5.71. The molecule has 0 amide bonds. The number of carboxylic acid groups (broad SMARTS) is 1. The van der Waals surface area contributed by atoms with E-state index in [2.05, 4.69) is 6.92 Å². The summed E-state index contributed by atoms with van der Waals surface area (Å²) >= 11 is 0. The summed E-state index contributed by atoms with van der Waals surface area (Å²) in [6, 6.07) is 15.0. The second kappa shape index (κ2) is 9.76. The van der Waals surface area contributed by atoms with Crippen molar-refractivity contribution in [2.24, 2.45) is 0 Å². The summed E-state index contributed by atoms with van der Waals surface area (Å²) in [5, 5.41) is 19.7. The molecule has 2 atom stereocenters. The van der Waals surface area contributed by atoms with Gasteiger partial charge in [0.1, 0.15) is 30.8 Å². The Kier molecular flexibility index (Phi) is 7.12. The van der Waals surface area contributed by atoms with Crippen LogP contribution in [-0.4, -0.2) is 47.7 Å². The second-order valence-electron chi connectivity index (χ2n) is 7.35. The highest BCUT2D eigenvalue weighted by molar-refractivity contribution is 5.78. The van der Waals surface area contributed by atoms with Crippen molar-refractivity contribution in [3.8, 4) is 11.5 Å². The van der Waals surface area contributed by atoms with Gasteiger partial charge in [-0.15, -0.1) is 0 Å². The van der Waals surface area contributed by atoms with E-state index in [1.807, 2.05) is 36.4 Å². The minimum atomic E-state index is -1.15. The summed E-state index contributed by atoms with van der Waals surface area (Å²) in [5.41, 5.74) is 0.904. The van der Waals surface area contributed by atoms with Gasteiger partial charge in [-0.2, -0.15) is 0 Å².